The molecular weight excluding hydrogens is 318 g/mol. The average Bonchev–Trinajstić information content (AvgIpc) is 3.10. The Morgan fingerprint density at radius 2 is 1.83 bits per heavy atom. The van der Waals surface area contributed by atoms with Gasteiger partial charge in [-0.15, -0.1) is 5.10 Å². The number of aromatic nitrogens is 3. The number of H-pyrrole nitrogens is 1. The summed E-state index contributed by atoms with van der Waals surface area (Å²) < 4.78 is 5.66. The number of aromatic amines is 1. The normalized spacial score (nSPS) is 10.8. The summed E-state index contributed by atoms with van der Waals surface area (Å²) in [4.78, 5) is 4.58. The number of para-hydroxylation sites is 1. The lowest BCUT2D eigenvalue weighted by Gasteiger charge is -2.08. The second kappa shape index (κ2) is 8.02. The highest BCUT2D eigenvalue weighted by atomic mass is 32.2. The van der Waals surface area contributed by atoms with Crippen molar-refractivity contribution < 1.29 is 4.74 Å². The number of nitrogens with zero attached hydrogens (tertiary/aromatic N) is 2. The number of ether oxygens (including phenoxy) is 1. The quantitative estimate of drug-likeness (QED) is 0.633. The first-order valence-corrected chi connectivity index (χ1v) is 9.14. The molecule has 24 heavy (non-hydrogen) atoms. The third-order valence-corrected chi connectivity index (χ3v) is 4.63. The second-order valence-electron chi connectivity index (χ2n) is 5.35. The molecule has 0 saturated heterocycles. The Hall–Kier alpha value is -2.27. The van der Waals surface area contributed by atoms with Crippen LogP contribution in [0.25, 0.3) is 11.4 Å². The molecule has 0 radical (unpaired) electrons. The van der Waals surface area contributed by atoms with Crippen molar-refractivity contribution in [1.29, 1.82) is 0 Å². The zero-order valence-electron chi connectivity index (χ0n) is 14.0. The summed E-state index contributed by atoms with van der Waals surface area (Å²) in [6, 6.07) is 16.5. The van der Waals surface area contributed by atoms with Gasteiger partial charge in [0.25, 0.3) is 0 Å². The fourth-order valence-corrected chi connectivity index (χ4v) is 3.19. The van der Waals surface area contributed by atoms with Crippen LogP contribution in [0, 0.1) is 0 Å². The van der Waals surface area contributed by atoms with Crippen molar-refractivity contribution in [2.24, 2.45) is 0 Å². The van der Waals surface area contributed by atoms with Gasteiger partial charge in [0.1, 0.15) is 5.75 Å². The van der Waals surface area contributed by atoms with E-state index in [1.165, 1.54) is 5.56 Å². The van der Waals surface area contributed by atoms with E-state index in [1.54, 1.807) is 11.8 Å². The van der Waals surface area contributed by atoms with Crippen molar-refractivity contribution in [1.82, 2.24) is 15.2 Å². The van der Waals surface area contributed by atoms with Crippen molar-refractivity contribution in [3.63, 3.8) is 0 Å². The Kier molecular flexibility index (Phi) is 5.54. The maximum Gasteiger partial charge on any atom is 0.209 e. The Morgan fingerprint density at radius 1 is 1.04 bits per heavy atom. The molecule has 0 fully saturated rings. The van der Waals surface area contributed by atoms with Gasteiger partial charge in [0.15, 0.2) is 5.82 Å². The number of thioether (sulfide) groups is 1. The van der Waals surface area contributed by atoms with Gasteiger partial charge in [0, 0.05) is 16.9 Å². The van der Waals surface area contributed by atoms with Crippen LogP contribution in [0.1, 0.15) is 25.0 Å². The lowest BCUT2D eigenvalue weighted by molar-refractivity contribution is 0.337. The van der Waals surface area contributed by atoms with Gasteiger partial charge in [-0.05, 0) is 25.0 Å². The molecule has 0 bridgehead atoms. The van der Waals surface area contributed by atoms with E-state index in [0.717, 1.165) is 40.0 Å². The first-order chi connectivity index (χ1) is 11.8. The second-order valence-corrected chi connectivity index (χ2v) is 6.29. The maximum atomic E-state index is 5.66. The fourth-order valence-electron chi connectivity index (χ4n) is 2.40. The van der Waals surface area contributed by atoms with Crippen LogP contribution in [0.5, 0.6) is 5.75 Å². The fraction of sp³-hybridized carbons (Fsp3) is 0.263. The van der Waals surface area contributed by atoms with E-state index < -0.39 is 0 Å². The number of hydrogen-bond donors (Lipinski definition) is 1. The van der Waals surface area contributed by atoms with Crippen LogP contribution in [0.4, 0.5) is 0 Å². The van der Waals surface area contributed by atoms with Crippen LogP contribution in [-0.4, -0.2) is 21.8 Å². The van der Waals surface area contributed by atoms with Crippen molar-refractivity contribution >= 4 is 11.8 Å². The molecule has 5 heteroatoms. The first-order valence-electron chi connectivity index (χ1n) is 8.15. The summed E-state index contributed by atoms with van der Waals surface area (Å²) in [5, 5.41) is 8.08. The molecular formula is C19H21N3OS. The van der Waals surface area contributed by atoms with Crippen LogP contribution < -0.4 is 4.74 Å². The summed E-state index contributed by atoms with van der Waals surface area (Å²) in [5.74, 6) is 2.51. The third kappa shape index (κ3) is 3.97. The van der Waals surface area contributed by atoms with Crippen LogP contribution in [-0.2, 0) is 12.2 Å². The molecule has 2 aromatic carbocycles. The Morgan fingerprint density at radius 3 is 2.58 bits per heavy atom. The van der Waals surface area contributed by atoms with Gasteiger partial charge in [-0.1, -0.05) is 61.2 Å². The highest BCUT2D eigenvalue weighted by molar-refractivity contribution is 7.98. The topological polar surface area (TPSA) is 50.8 Å². The van der Waals surface area contributed by atoms with Crippen molar-refractivity contribution in [3.05, 3.63) is 59.7 Å². The van der Waals surface area contributed by atoms with Gasteiger partial charge in [0.05, 0.1) is 6.61 Å². The van der Waals surface area contributed by atoms with Crippen molar-refractivity contribution in [2.45, 2.75) is 31.2 Å². The smallest absolute Gasteiger partial charge is 0.209 e. The van der Waals surface area contributed by atoms with Crippen LogP contribution >= 0.6 is 11.8 Å². The number of benzene rings is 2. The van der Waals surface area contributed by atoms with E-state index in [0.29, 0.717) is 6.61 Å². The predicted octanol–water partition coefficient (Wildman–Crippen LogP) is 4.73. The molecule has 4 nitrogen and oxygen atoms in total. The minimum Gasteiger partial charge on any atom is -0.494 e. The van der Waals surface area contributed by atoms with E-state index in [9.17, 15) is 0 Å². The van der Waals surface area contributed by atoms with Gasteiger partial charge in [-0.25, -0.2) is 4.98 Å². The molecule has 3 aromatic rings. The van der Waals surface area contributed by atoms with Gasteiger partial charge < -0.3 is 4.74 Å². The van der Waals surface area contributed by atoms with Gasteiger partial charge in [0.2, 0.25) is 5.16 Å². The summed E-state index contributed by atoms with van der Waals surface area (Å²) in [6.45, 7) is 4.81. The maximum absolute atomic E-state index is 5.66. The molecule has 124 valence electrons. The minimum atomic E-state index is 0.667. The van der Waals surface area contributed by atoms with Crippen LogP contribution in [0.3, 0.4) is 0 Å². The highest BCUT2D eigenvalue weighted by Gasteiger charge is 2.08. The third-order valence-electron chi connectivity index (χ3n) is 3.73. The number of nitrogens with one attached hydrogen (secondary N) is 1. The van der Waals surface area contributed by atoms with Gasteiger partial charge in [-0.3, -0.25) is 5.10 Å². The molecule has 0 atom stereocenters. The monoisotopic (exact) mass is 339 g/mol. The zero-order valence-corrected chi connectivity index (χ0v) is 14.8. The van der Waals surface area contributed by atoms with Gasteiger partial charge in [-0.2, -0.15) is 0 Å². The summed E-state index contributed by atoms with van der Waals surface area (Å²) in [7, 11) is 0. The standard InChI is InChI=1S/C19H21N3OS/c1-3-14-9-11-15(12-10-14)18-20-19(22-21-18)24-13-16-7-5-6-8-17(16)23-4-2/h5-12H,3-4,13H2,1-2H3,(H,20,21,22). The highest BCUT2D eigenvalue weighted by Crippen LogP contribution is 2.27. The van der Waals surface area contributed by atoms with E-state index in [2.05, 4.69) is 52.4 Å². The first kappa shape index (κ1) is 16.6. The SMILES string of the molecule is CCOc1ccccc1CSc1n[nH]c(-c2ccc(CC)cc2)n1. The Balaban J connectivity index is 1.68. The van der Waals surface area contributed by atoms with E-state index in [1.807, 2.05) is 25.1 Å². The van der Waals surface area contributed by atoms with E-state index in [-0.39, 0.29) is 0 Å². The number of hydrogen-bond acceptors (Lipinski definition) is 4. The molecule has 0 saturated carbocycles. The number of rotatable bonds is 7. The zero-order chi connectivity index (χ0) is 16.8. The summed E-state index contributed by atoms with van der Waals surface area (Å²) in [6.07, 6.45) is 1.04. The molecule has 0 aliphatic rings. The molecule has 0 unspecified atom stereocenters. The summed E-state index contributed by atoms with van der Waals surface area (Å²) >= 11 is 1.60. The minimum absolute atomic E-state index is 0.667. The number of aryl methyl sites for hydroxylation is 1. The Bertz CT molecular complexity index is 783. The van der Waals surface area contributed by atoms with Crippen LogP contribution in [0.15, 0.2) is 53.7 Å². The molecule has 0 aliphatic carbocycles. The summed E-state index contributed by atoms with van der Waals surface area (Å²) in [5.41, 5.74) is 3.53. The molecule has 0 amide bonds. The lowest BCUT2D eigenvalue weighted by atomic mass is 10.1. The molecule has 1 heterocycles. The molecule has 0 spiro atoms. The van der Waals surface area contributed by atoms with Gasteiger partial charge >= 0.3 is 0 Å². The predicted molar refractivity (Wildman–Crippen MR) is 98.4 cm³/mol. The lowest BCUT2D eigenvalue weighted by Crippen LogP contribution is -1.95. The molecule has 0 aliphatic heterocycles. The average molecular weight is 339 g/mol. The van der Waals surface area contributed by atoms with E-state index >= 15 is 0 Å². The van der Waals surface area contributed by atoms with E-state index in [4.69, 9.17) is 4.74 Å². The van der Waals surface area contributed by atoms with Crippen molar-refractivity contribution in [3.8, 4) is 17.1 Å². The molecule has 1 N–H and O–H groups in total. The molecule has 3 rings (SSSR count). The molecule has 1 aromatic heterocycles. The Labute approximate surface area is 146 Å². The van der Waals surface area contributed by atoms with Crippen LogP contribution in [0.2, 0.25) is 0 Å². The van der Waals surface area contributed by atoms with Crippen molar-refractivity contribution in [2.75, 3.05) is 6.61 Å². The largest absolute Gasteiger partial charge is 0.494 e.